The number of carbonyl (C=O) groups excluding carboxylic acids is 1. The van der Waals surface area contributed by atoms with Crippen LogP contribution in [0.25, 0.3) is 5.70 Å². The third-order valence-corrected chi connectivity index (χ3v) is 5.56. The van der Waals surface area contributed by atoms with E-state index >= 15 is 0 Å². The Labute approximate surface area is 196 Å². The lowest BCUT2D eigenvalue weighted by molar-refractivity contribution is -0.119. The van der Waals surface area contributed by atoms with Crippen LogP contribution in [0.4, 0.5) is 17.1 Å². The van der Waals surface area contributed by atoms with Crippen LogP contribution in [0.3, 0.4) is 0 Å². The van der Waals surface area contributed by atoms with Gasteiger partial charge in [0.1, 0.15) is 5.82 Å². The van der Waals surface area contributed by atoms with E-state index < -0.39 is 0 Å². The normalized spacial score (nSPS) is 15.3. The Balaban J connectivity index is 1.51. The van der Waals surface area contributed by atoms with Crippen LogP contribution >= 0.6 is 0 Å². The average molecular weight is 448 g/mol. The molecule has 4 N–H and O–H groups in total. The summed E-state index contributed by atoms with van der Waals surface area (Å²) in [4.78, 5) is 18.6. The van der Waals surface area contributed by atoms with Crippen LogP contribution in [-0.4, -0.2) is 38.4 Å². The number of ether oxygens (including phenoxy) is 1. The van der Waals surface area contributed by atoms with Gasteiger partial charge in [-0.25, -0.2) is 4.99 Å². The molecule has 2 aromatic rings. The number of benzene rings is 2. The fourth-order valence-corrected chi connectivity index (χ4v) is 3.28. The van der Waals surface area contributed by atoms with Crippen LogP contribution in [0, 0.1) is 5.92 Å². The first-order valence-corrected chi connectivity index (χ1v) is 11.3. The minimum atomic E-state index is -0.0183. The molecule has 1 atom stereocenters. The molecule has 0 saturated carbocycles. The van der Waals surface area contributed by atoms with Gasteiger partial charge in [-0.2, -0.15) is 0 Å². The van der Waals surface area contributed by atoms with Gasteiger partial charge in [-0.3, -0.25) is 4.79 Å². The summed E-state index contributed by atoms with van der Waals surface area (Å²) in [5.41, 5.74) is 10.4. The third kappa shape index (κ3) is 7.22. The van der Waals surface area contributed by atoms with Crippen molar-refractivity contribution < 1.29 is 9.53 Å². The van der Waals surface area contributed by atoms with E-state index in [2.05, 4.69) is 39.2 Å². The molecule has 1 aliphatic rings. The smallest absolute Gasteiger partial charge is 0.227 e. The Morgan fingerprint density at radius 2 is 1.73 bits per heavy atom. The maximum absolute atomic E-state index is 12.0. The molecule has 0 radical (unpaired) electrons. The number of anilines is 3. The van der Waals surface area contributed by atoms with Crippen LogP contribution < -0.4 is 21.3 Å². The third-order valence-electron chi connectivity index (χ3n) is 5.56. The van der Waals surface area contributed by atoms with Gasteiger partial charge in [-0.1, -0.05) is 32.6 Å². The molecule has 7 heteroatoms. The number of rotatable bonds is 9. The number of allylic oxidation sites excluding steroid dienone is 1. The zero-order valence-electron chi connectivity index (χ0n) is 19.4. The van der Waals surface area contributed by atoms with Crippen LogP contribution in [0.2, 0.25) is 0 Å². The molecule has 1 heterocycles. The molecule has 0 aromatic heterocycles. The van der Waals surface area contributed by atoms with Crippen molar-refractivity contribution in [3.63, 3.8) is 0 Å². The molecule has 1 unspecified atom stereocenters. The zero-order chi connectivity index (χ0) is 23.6. The first-order chi connectivity index (χ1) is 16.0. The summed E-state index contributed by atoms with van der Waals surface area (Å²) in [5.74, 6) is 0.513. The van der Waals surface area contributed by atoms with Gasteiger partial charge >= 0.3 is 0 Å². The van der Waals surface area contributed by atoms with Gasteiger partial charge in [-0.05, 0) is 54.5 Å². The fraction of sp³-hybridized carbons (Fsp3) is 0.308. The van der Waals surface area contributed by atoms with Gasteiger partial charge in [0.25, 0.3) is 0 Å². The lowest BCUT2D eigenvalue weighted by Gasteiger charge is -2.28. The highest BCUT2D eigenvalue weighted by atomic mass is 16.5. The van der Waals surface area contributed by atoms with Crippen molar-refractivity contribution in [2.75, 3.05) is 41.8 Å². The summed E-state index contributed by atoms with van der Waals surface area (Å²) in [6.45, 7) is 11.2. The van der Waals surface area contributed by atoms with Crippen molar-refractivity contribution in [3.8, 4) is 0 Å². The van der Waals surface area contributed by atoms with Gasteiger partial charge in [0.05, 0.1) is 13.2 Å². The molecule has 1 amide bonds. The zero-order valence-corrected chi connectivity index (χ0v) is 19.4. The Bertz CT molecular complexity index is 990. The minimum Gasteiger partial charge on any atom is -0.398 e. The second-order valence-electron chi connectivity index (χ2n) is 7.99. The van der Waals surface area contributed by atoms with E-state index in [-0.39, 0.29) is 11.8 Å². The number of nitrogens with zero attached hydrogens (tertiary/aromatic N) is 2. The molecule has 0 aliphatic carbocycles. The van der Waals surface area contributed by atoms with Crippen molar-refractivity contribution in [1.82, 2.24) is 0 Å². The van der Waals surface area contributed by atoms with Crippen LogP contribution in [0.5, 0.6) is 0 Å². The number of carbonyl (C=O) groups is 1. The van der Waals surface area contributed by atoms with Crippen LogP contribution in [-0.2, 0) is 9.53 Å². The number of hydrogen-bond donors (Lipinski definition) is 3. The first-order valence-electron chi connectivity index (χ1n) is 11.3. The number of nitrogens with one attached hydrogen (secondary N) is 2. The Morgan fingerprint density at radius 1 is 1.12 bits per heavy atom. The molecule has 33 heavy (non-hydrogen) atoms. The molecule has 0 spiro atoms. The summed E-state index contributed by atoms with van der Waals surface area (Å²) < 4.78 is 5.40. The van der Waals surface area contributed by atoms with Crippen molar-refractivity contribution in [3.05, 3.63) is 72.6 Å². The largest absolute Gasteiger partial charge is 0.398 e. The number of nitrogens with two attached hydrogens (primary N) is 1. The monoisotopic (exact) mass is 447 g/mol. The lowest BCUT2D eigenvalue weighted by Crippen LogP contribution is -2.36. The van der Waals surface area contributed by atoms with Gasteiger partial charge in [0.2, 0.25) is 5.91 Å². The molecule has 0 bridgehead atoms. The summed E-state index contributed by atoms with van der Waals surface area (Å²) in [7, 11) is 0. The van der Waals surface area contributed by atoms with Gasteiger partial charge < -0.3 is 26.0 Å². The van der Waals surface area contributed by atoms with E-state index in [0.717, 1.165) is 49.7 Å². The highest BCUT2D eigenvalue weighted by Crippen LogP contribution is 2.20. The second-order valence-corrected chi connectivity index (χ2v) is 7.99. The standard InChI is InChI=1S/C26H33N5O2/c1-4-19(2)26(32)30-23-7-5-21(6-8-23)25(27)13-14-28-20(3)29-22-9-11-24(12-10-22)31-15-17-33-18-16-31/h5-14,19,29H,3-4,15-18,27H2,1-2H3,(H,30,32)/b25-13-,28-14-. The van der Waals surface area contributed by atoms with E-state index in [1.54, 1.807) is 12.3 Å². The van der Waals surface area contributed by atoms with Crippen molar-refractivity contribution >= 4 is 34.9 Å². The predicted molar refractivity (Wildman–Crippen MR) is 137 cm³/mol. The number of hydrogen-bond acceptors (Lipinski definition) is 6. The van der Waals surface area contributed by atoms with E-state index in [9.17, 15) is 4.79 Å². The maximum atomic E-state index is 12.0. The molecule has 2 aromatic carbocycles. The molecule has 174 valence electrons. The van der Waals surface area contributed by atoms with E-state index in [1.165, 1.54) is 5.69 Å². The predicted octanol–water partition coefficient (Wildman–Crippen LogP) is 4.46. The molecule has 1 aliphatic heterocycles. The van der Waals surface area contributed by atoms with Crippen molar-refractivity contribution in [2.45, 2.75) is 20.3 Å². The van der Waals surface area contributed by atoms with E-state index in [0.29, 0.717) is 11.5 Å². The summed E-state index contributed by atoms with van der Waals surface area (Å²) in [6, 6.07) is 15.6. The van der Waals surface area contributed by atoms with Crippen molar-refractivity contribution in [1.29, 1.82) is 0 Å². The molecular weight excluding hydrogens is 414 g/mol. The number of amides is 1. The summed E-state index contributed by atoms with van der Waals surface area (Å²) in [5, 5.41) is 6.09. The van der Waals surface area contributed by atoms with Gasteiger partial charge in [0.15, 0.2) is 0 Å². The highest BCUT2D eigenvalue weighted by Gasteiger charge is 2.11. The number of morpholine rings is 1. The molecular formula is C26H33N5O2. The fourth-order valence-electron chi connectivity index (χ4n) is 3.28. The van der Waals surface area contributed by atoms with E-state index in [4.69, 9.17) is 10.5 Å². The second kappa shape index (κ2) is 11.9. The number of aliphatic imine (C=N–C) groups is 1. The lowest BCUT2D eigenvalue weighted by atomic mass is 10.1. The van der Waals surface area contributed by atoms with Crippen LogP contribution in [0.1, 0.15) is 25.8 Å². The Hall–Kier alpha value is -3.58. The topological polar surface area (TPSA) is 92.0 Å². The quantitative estimate of drug-likeness (QED) is 0.494. The minimum absolute atomic E-state index is 0.0163. The molecule has 1 fully saturated rings. The molecule has 3 rings (SSSR count). The highest BCUT2D eigenvalue weighted by molar-refractivity contribution is 5.92. The maximum Gasteiger partial charge on any atom is 0.227 e. The Morgan fingerprint density at radius 3 is 2.36 bits per heavy atom. The van der Waals surface area contributed by atoms with Crippen molar-refractivity contribution in [2.24, 2.45) is 16.6 Å². The van der Waals surface area contributed by atoms with Crippen LogP contribution in [0.15, 0.2) is 72.0 Å². The SMILES string of the molecule is C=C(/N=C\C=C(/N)c1ccc(NC(=O)C(C)CC)cc1)Nc1ccc(N2CCOCC2)cc1. The summed E-state index contributed by atoms with van der Waals surface area (Å²) in [6.07, 6.45) is 4.14. The molecule has 1 saturated heterocycles. The molecule has 7 nitrogen and oxygen atoms in total. The summed E-state index contributed by atoms with van der Waals surface area (Å²) >= 11 is 0. The first kappa shape index (κ1) is 24.1. The van der Waals surface area contributed by atoms with Gasteiger partial charge in [-0.15, -0.1) is 0 Å². The van der Waals surface area contributed by atoms with Gasteiger partial charge in [0, 0.05) is 48.0 Å². The average Bonchev–Trinajstić information content (AvgIpc) is 2.84. The van der Waals surface area contributed by atoms with E-state index in [1.807, 2.05) is 50.2 Å². The Kier molecular flexibility index (Phi) is 8.66.